The number of unbranched alkanes of at least 4 members (excludes halogenated alkanes) is 2. The van der Waals surface area contributed by atoms with Crippen LogP contribution < -0.4 is 10.5 Å². The Bertz CT molecular complexity index is 605. The average molecular weight is 296 g/mol. The van der Waals surface area contributed by atoms with Crippen molar-refractivity contribution in [2.24, 2.45) is 5.73 Å². The van der Waals surface area contributed by atoms with Crippen LogP contribution in [0.3, 0.4) is 0 Å². The highest BCUT2D eigenvalue weighted by Gasteiger charge is 2.00. The zero-order chi connectivity index (χ0) is 15.8. The van der Waals surface area contributed by atoms with Crippen molar-refractivity contribution in [2.45, 2.75) is 39.2 Å². The predicted molar refractivity (Wildman–Crippen MR) is 91.5 cm³/mol. The molecule has 0 saturated heterocycles. The molecule has 0 fully saturated rings. The third-order valence-corrected chi connectivity index (χ3v) is 3.64. The van der Waals surface area contributed by atoms with E-state index in [4.69, 9.17) is 15.9 Å². The van der Waals surface area contributed by atoms with Crippen molar-refractivity contribution in [1.82, 2.24) is 0 Å². The molecule has 0 aromatic heterocycles. The van der Waals surface area contributed by atoms with Gasteiger partial charge in [-0.2, -0.15) is 0 Å². The van der Waals surface area contributed by atoms with Crippen LogP contribution in [0.1, 0.15) is 42.9 Å². The Morgan fingerprint density at radius 1 is 1.05 bits per heavy atom. The van der Waals surface area contributed by atoms with Crippen LogP contribution in [0.2, 0.25) is 0 Å². The SMILES string of the molecule is CCCCCc1cccc(OCc2ccc(C(=N)N)cc2)c1. The number of amidine groups is 1. The maximum atomic E-state index is 7.38. The molecule has 0 aliphatic rings. The molecule has 0 spiro atoms. The molecule has 3 heteroatoms. The average Bonchev–Trinajstić information content (AvgIpc) is 2.54. The van der Waals surface area contributed by atoms with Gasteiger partial charge in [0.15, 0.2) is 0 Å². The predicted octanol–water partition coefficient (Wildman–Crippen LogP) is 4.28. The fraction of sp³-hybridized carbons (Fsp3) is 0.316. The Morgan fingerprint density at radius 3 is 2.50 bits per heavy atom. The zero-order valence-electron chi connectivity index (χ0n) is 13.1. The number of hydrogen-bond acceptors (Lipinski definition) is 2. The van der Waals surface area contributed by atoms with Gasteiger partial charge in [-0.05, 0) is 36.1 Å². The first kappa shape index (κ1) is 16.1. The summed E-state index contributed by atoms with van der Waals surface area (Å²) in [6.45, 7) is 2.74. The molecule has 0 aliphatic carbocycles. The standard InChI is InChI=1S/C19H24N2O/c1-2-3-4-6-15-7-5-8-18(13-15)22-14-16-9-11-17(12-10-16)19(20)21/h5,7-13H,2-4,6,14H2,1H3,(H3,20,21). The minimum absolute atomic E-state index is 0.0900. The first-order valence-corrected chi connectivity index (χ1v) is 7.84. The maximum Gasteiger partial charge on any atom is 0.122 e. The second-order valence-electron chi connectivity index (χ2n) is 5.50. The highest BCUT2D eigenvalue weighted by Crippen LogP contribution is 2.17. The van der Waals surface area contributed by atoms with Crippen LogP contribution in [-0.4, -0.2) is 5.84 Å². The fourth-order valence-corrected chi connectivity index (χ4v) is 2.32. The van der Waals surface area contributed by atoms with Gasteiger partial charge in [-0.3, -0.25) is 5.41 Å². The maximum absolute atomic E-state index is 7.38. The lowest BCUT2D eigenvalue weighted by Crippen LogP contribution is -2.10. The Hall–Kier alpha value is -2.29. The van der Waals surface area contributed by atoms with Crippen molar-refractivity contribution in [3.05, 3.63) is 65.2 Å². The van der Waals surface area contributed by atoms with Crippen LogP contribution in [-0.2, 0) is 13.0 Å². The summed E-state index contributed by atoms with van der Waals surface area (Å²) in [6, 6.07) is 15.9. The van der Waals surface area contributed by atoms with Crippen LogP contribution >= 0.6 is 0 Å². The van der Waals surface area contributed by atoms with E-state index in [1.165, 1.54) is 24.8 Å². The quantitative estimate of drug-likeness (QED) is 0.434. The largest absolute Gasteiger partial charge is 0.489 e. The molecule has 0 atom stereocenters. The molecule has 0 aliphatic heterocycles. The van der Waals surface area contributed by atoms with E-state index in [-0.39, 0.29) is 5.84 Å². The molecule has 22 heavy (non-hydrogen) atoms. The third-order valence-electron chi connectivity index (χ3n) is 3.64. The Kier molecular flexibility index (Phi) is 6.01. The fourth-order valence-electron chi connectivity index (χ4n) is 2.32. The molecule has 2 aromatic rings. The van der Waals surface area contributed by atoms with Gasteiger partial charge >= 0.3 is 0 Å². The number of nitrogen functional groups attached to an aromatic ring is 1. The van der Waals surface area contributed by atoms with Crippen LogP contribution in [0.5, 0.6) is 5.75 Å². The molecule has 0 bridgehead atoms. The Labute approximate surface area is 132 Å². The normalized spacial score (nSPS) is 10.4. The van der Waals surface area contributed by atoms with Crippen LogP contribution in [0, 0.1) is 5.41 Å². The van der Waals surface area contributed by atoms with Gasteiger partial charge in [-0.15, -0.1) is 0 Å². The van der Waals surface area contributed by atoms with Crippen molar-refractivity contribution in [3.8, 4) is 5.75 Å². The van der Waals surface area contributed by atoms with Gasteiger partial charge in [0.25, 0.3) is 0 Å². The molecule has 0 amide bonds. The summed E-state index contributed by atoms with van der Waals surface area (Å²) in [4.78, 5) is 0. The lowest BCUT2D eigenvalue weighted by atomic mass is 10.1. The Morgan fingerprint density at radius 2 is 1.82 bits per heavy atom. The number of hydrogen-bond donors (Lipinski definition) is 2. The molecule has 116 valence electrons. The summed E-state index contributed by atoms with van der Waals surface area (Å²) in [7, 11) is 0. The highest BCUT2D eigenvalue weighted by molar-refractivity contribution is 5.94. The summed E-state index contributed by atoms with van der Waals surface area (Å²) < 4.78 is 5.85. The molecule has 3 N–H and O–H groups in total. The zero-order valence-corrected chi connectivity index (χ0v) is 13.1. The number of ether oxygens (including phenoxy) is 1. The number of rotatable bonds is 8. The van der Waals surface area contributed by atoms with E-state index in [1.807, 2.05) is 30.3 Å². The molecule has 0 saturated carbocycles. The van der Waals surface area contributed by atoms with Gasteiger partial charge in [-0.1, -0.05) is 56.2 Å². The van der Waals surface area contributed by atoms with Crippen molar-refractivity contribution < 1.29 is 4.74 Å². The molecule has 0 radical (unpaired) electrons. The monoisotopic (exact) mass is 296 g/mol. The van der Waals surface area contributed by atoms with Gasteiger partial charge in [-0.25, -0.2) is 0 Å². The summed E-state index contributed by atoms with van der Waals surface area (Å²) in [5.41, 5.74) is 8.59. The highest BCUT2D eigenvalue weighted by atomic mass is 16.5. The van der Waals surface area contributed by atoms with Crippen LogP contribution in [0.4, 0.5) is 0 Å². The van der Waals surface area contributed by atoms with Crippen LogP contribution in [0.25, 0.3) is 0 Å². The first-order chi connectivity index (χ1) is 10.7. The van der Waals surface area contributed by atoms with E-state index in [1.54, 1.807) is 0 Å². The van der Waals surface area contributed by atoms with E-state index in [0.29, 0.717) is 6.61 Å². The molecule has 3 nitrogen and oxygen atoms in total. The lowest BCUT2D eigenvalue weighted by molar-refractivity contribution is 0.306. The van der Waals surface area contributed by atoms with E-state index < -0.39 is 0 Å². The molecular weight excluding hydrogens is 272 g/mol. The topological polar surface area (TPSA) is 59.1 Å². The second-order valence-corrected chi connectivity index (χ2v) is 5.50. The van der Waals surface area contributed by atoms with E-state index in [2.05, 4.69) is 25.1 Å². The minimum Gasteiger partial charge on any atom is -0.489 e. The summed E-state index contributed by atoms with van der Waals surface area (Å²) >= 11 is 0. The van der Waals surface area contributed by atoms with E-state index in [9.17, 15) is 0 Å². The third kappa shape index (κ3) is 4.92. The van der Waals surface area contributed by atoms with Crippen LogP contribution in [0.15, 0.2) is 48.5 Å². The molecule has 2 rings (SSSR count). The van der Waals surface area contributed by atoms with E-state index >= 15 is 0 Å². The second kappa shape index (κ2) is 8.23. The smallest absolute Gasteiger partial charge is 0.122 e. The molecular formula is C19H24N2O. The van der Waals surface area contributed by atoms with Crippen molar-refractivity contribution in [3.63, 3.8) is 0 Å². The summed E-state index contributed by atoms with van der Waals surface area (Å²) in [6.07, 6.45) is 4.85. The number of nitrogens with one attached hydrogen (secondary N) is 1. The first-order valence-electron chi connectivity index (χ1n) is 7.84. The number of aryl methyl sites for hydroxylation is 1. The number of nitrogens with two attached hydrogens (primary N) is 1. The van der Waals surface area contributed by atoms with E-state index in [0.717, 1.165) is 23.3 Å². The van der Waals surface area contributed by atoms with Gasteiger partial charge in [0.2, 0.25) is 0 Å². The van der Waals surface area contributed by atoms with Gasteiger partial charge in [0, 0.05) is 5.56 Å². The van der Waals surface area contributed by atoms with Crippen molar-refractivity contribution in [1.29, 1.82) is 5.41 Å². The van der Waals surface area contributed by atoms with Crippen molar-refractivity contribution >= 4 is 5.84 Å². The molecule has 2 aromatic carbocycles. The Balaban J connectivity index is 1.90. The summed E-state index contributed by atoms with van der Waals surface area (Å²) in [5, 5.41) is 7.38. The molecule has 0 unspecified atom stereocenters. The van der Waals surface area contributed by atoms with Gasteiger partial charge < -0.3 is 10.5 Å². The number of benzene rings is 2. The minimum atomic E-state index is 0.0900. The van der Waals surface area contributed by atoms with Gasteiger partial charge in [0.1, 0.15) is 18.2 Å². The van der Waals surface area contributed by atoms with Crippen molar-refractivity contribution in [2.75, 3.05) is 0 Å². The lowest BCUT2D eigenvalue weighted by Gasteiger charge is -2.09. The molecule has 0 heterocycles. The summed E-state index contributed by atoms with van der Waals surface area (Å²) in [5.74, 6) is 0.997. The van der Waals surface area contributed by atoms with Gasteiger partial charge in [0.05, 0.1) is 0 Å².